The van der Waals surface area contributed by atoms with Gasteiger partial charge < -0.3 is 4.90 Å². The lowest BCUT2D eigenvalue weighted by atomic mass is 10.7. The van der Waals surface area contributed by atoms with E-state index in [-0.39, 0.29) is 5.91 Å². The van der Waals surface area contributed by atoms with Gasteiger partial charge in [0.1, 0.15) is 12.2 Å². The molecular weight excluding hydrogens is 156 g/mol. The zero-order valence-electron chi connectivity index (χ0n) is 7.83. The Labute approximate surface area is 71.8 Å². The number of carbonyl (C=O) groups excluding carboxylic acids is 1. The summed E-state index contributed by atoms with van der Waals surface area (Å²) < 4.78 is 0. The lowest BCUT2D eigenvalue weighted by molar-refractivity contribution is -0.126. The van der Waals surface area contributed by atoms with Gasteiger partial charge in [-0.05, 0) is 6.92 Å². The Kier molecular flexibility index (Phi) is 4.67. The van der Waals surface area contributed by atoms with E-state index in [0.717, 1.165) is 5.82 Å². The normalized spacial score (nSPS) is 8.33. The molecule has 1 amide bonds. The van der Waals surface area contributed by atoms with E-state index in [1.165, 1.54) is 18.2 Å². The molecule has 0 saturated carbocycles. The summed E-state index contributed by atoms with van der Waals surface area (Å²) in [5.41, 5.74) is 0. The van der Waals surface area contributed by atoms with E-state index >= 15 is 0 Å². The molecule has 0 aliphatic rings. The van der Waals surface area contributed by atoms with Crippen molar-refractivity contribution in [1.82, 2.24) is 20.1 Å². The van der Waals surface area contributed by atoms with Crippen LogP contribution in [0.1, 0.15) is 12.7 Å². The molecule has 0 radical (unpaired) electrons. The van der Waals surface area contributed by atoms with Crippen LogP contribution >= 0.6 is 0 Å². The van der Waals surface area contributed by atoms with Crippen molar-refractivity contribution in [2.75, 3.05) is 14.1 Å². The number of hydrogen-bond acceptors (Lipinski definition) is 3. The number of nitrogens with one attached hydrogen (secondary N) is 1. The van der Waals surface area contributed by atoms with Crippen LogP contribution in [0, 0.1) is 6.92 Å². The van der Waals surface area contributed by atoms with Gasteiger partial charge in [-0.1, -0.05) is 0 Å². The number of amides is 1. The van der Waals surface area contributed by atoms with E-state index in [4.69, 9.17) is 0 Å². The van der Waals surface area contributed by atoms with Crippen LogP contribution in [-0.4, -0.2) is 40.1 Å². The predicted octanol–water partition coefficient (Wildman–Crippen LogP) is 0.208. The number of rotatable bonds is 0. The van der Waals surface area contributed by atoms with Crippen molar-refractivity contribution in [2.45, 2.75) is 13.8 Å². The fraction of sp³-hybridized carbons (Fsp3) is 0.571. The van der Waals surface area contributed by atoms with Gasteiger partial charge >= 0.3 is 0 Å². The van der Waals surface area contributed by atoms with Crippen molar-refractivity contribution >= 4 is 5.91 Å². The Bertz CT molecular complexity index is 217. The first-order valence-electron chi connectivity index (χ1n) is 3.54. The second-order valence-corrected chi connectivity index (χ2v) is 2.48. The fourth-order valence-electron chi connectivity index (χ4n) is 0.267. The third kappa shape index (κ3) is 5.40. The minimum Gasteiger partial charge on any atom is -0.349 e. The minimum absolute atomic E-state index is 0.0926. The molecule has 68 valence electrons. The SMILES string of the molecule is CC(=O)N(C)C.Cc1ncn[nH]1. The maximum absolute atomic E-state index is 10.1. The van der Waals surface area contributed by atoms with Crippen molar-refractivity contribution in [1.29, 1.82) is 0 Å². The van der Waals surface area contributed by atoms with Crippen LogP contribution in [0.15, 0.2) is 6.33 Å². The predicted molar refractivity (Wildman–Crippen MR) is 45.5 cm³/mol. The lowest BCUT2D eigenvalue weighted by Gasteiger charge is -2.02. The van der Waals surface area contributed by atoms with Crippen LogP contribution in [0.4, 0.5) is 0 Å². The van der Waals surface area contributed by atoms with E-state index in [9.17, 15) is 4.79 Å². The van der Waals surface area contributed by atoms with E-state index in [0.29, 0.717) is 0 Å². The van der Waals surface area contributed by atoms with Gasteiger partial charge in [-0.25, -0.2) is 4.98 Å². The molecule has 0 aliphatic carbocycles. The quantitative estimate of drug-likeness (QED) is 0.605. The lowest BCUT2D eigenvalue weighted by Crippen LogP contribution is -2.17. The molecule has 1 N–H and O–H groups in total. The topological polar surface area (TPSA) is 61.9 Å². The summed E-state index contributed by atoms with van der Waals surface area (Å²) >= 11 is 0. The van der Waals surface area contributed by atoms with Gasteiger partial charge in [0.15, 0.2) is 0 Å². The molecule has 12 heavy (non-hydrogen) atoms. The Morgan fingerprint density at radius 1 is 1.58 bits per heavy atom. The summed E-state index contributed by atoms with van der Waals surface area (Å²) in [6, 6.07) is 0. The zero-order valence-corrected chi connectivity index (χ0v) is 7.83. The first-order chi connectivity index (χ1) is 5.54. The number of nitrogens with zero attached hydrogens (tertiary/aromatic N) is 3. The highest BCUT2D eigenvalue weighted by Crippen LogP contribution is 1.73. The third-order valence-corrected chi connectivity index (χ3v) is 1.17. The molecule has 0 fully saturated rings. The van der Waals surface area contributed by atoms with E-state index in [2.05, 4.69) is 15.2 Å². The van der Waals surface area contributed by atoms with Gasteiger partial charge in [-0.3, -0.25) is 9.89 Å². The molecule has 1 aromatic heterocycles. The number of aromatic amines is 1. The first-order valence-corrected chi connectivity index (χ1v) is 3.54. The monoisotopic (exact) mass is 170 g/mol. The summed E-state index contributed by atoms with van der Waals surface area (Å²) in [7, 11) is 3.45. The van der Waals surface area contributed by atoms with Gasteiger partial charge in [0, 0.05) is 21.0 Å². The maximum atomic E-state index is 10.1. The number of aryl methyl sites for hydroxylation is 1. The molecule has 1 aromatic rings. The van der Waals surface area contributed by atoms with Gasteiger partial charge in [0.25, 0.3) is 0 Å². The highest BCUT2D eigenvalue weighted by molar-refractivity contribution is 5.72. The van der Waals surface area contributed by atoms with Crippen LogP contribution in [0.2, 0.25) is 0 Å². The number of aromatic nitrogens is 3. The van der Waals surface area contributed by atoms with Gasteiger partial charge in [0.05, 0.1) is 0 Å². The molecule has 0 spiro atoms. The van der Waals surface area contributed by atoms with E-state index in [1.54, 1.807) is 14.1 Å². The summed E-state index contributed by atoms with van der Waals surface area (Å²) in [4.78, 5) is 15.3. The van der Waals surface area contributed by atoms with Crippen LogP contribution in [0.25, 0.3) is 0 Å². The minimum atomic E-state index is 0.0926. The van der Waals surface area contributed by atoms with Crippen molar-refractivity contribution in [3.05, 3.63) is 12.2 Å². The van der Waals surface area contributed by atoms with Gasteiger partial charge in [-0.2, -0.15) is 5.10 Å². The molecule has 5 heteroatoms. The van der Waals surface area contributed by atoms with Gasteiger partial charge in [-0.15, -0.1) is 0 Å². The van der Waals surface area contributed by atoms with Crippen molar-refractivity contribution < 1.29 is 4.79 Å². The Balaban J connectivity index is 0.000000202. The van der Waals surface area contributed by atoms with Crippen molar-refractivity contribution in [3.8, 4) is 0 Å². The summed E-state index contributed by atoms with van der Waals surface area (Å²) in [5.74, 6) is 0.949. The second kappa shape index (κ2) is 5.29. The first kappa shape index (κ1) is 10.6. The fourth-order valence-corrected chi connectivity index (χ4v) is 0.267. The van der Waals surface area contributed by atoms with Crippen LogP contribution in [-0.2, 0) is 4.79 Å². The summed E-state index contributed by atoms with van der Waals surface area (Å²) in [6.07, 6.45) is 1.48. The smallest absolute Gasteiger partial charge is 0.218 e. The van der Waals surface area contributed by atoms with E-state index in [1.807, 2.05) is 6.92 Å². The largest absolute Gasteiger partial charge is 0.349 e. The molecule has 0 unspecified atom stereocenters. The van der Waals surface area contributed by atoms with Crippen LogP contribution in [0.5, 0.6) is 0 Å². The molecule has 0 bridgehead atoms. The van der Waals surface area contributed by atoms with E-state index < -0.39 is 0 Å². The number of carbonyl (C=O) groups is 1. The number of hydrogen-bond donors (Lipinski definition) is 1. The zero-order chi connectivity index (χ0) is 9.56. The Morgan fingerprint density at radius 2 is 2.08 bits per heavy atom. The number of H-pyrrole nitrogens is 1. The molecule has 1 rings (SSSR count). The second-order valence-electron chi connectivity index (χ2n) is 2.48. The van der Waals surface area contributed by atoms with Crippen LogP contribution in [0.3, 0.4) is 0 Å². The molecule has 5 nitrogen and oxygen atoms in total. The molecule has 1 heterocycles. The van der Waals surface area contributed by atoms with Crippen molar-refractivity contribution in [2.24, 2.45) is 0 Å². The van der Waals surface area contributed by atoms with Gasteiger partial charge in [0.2, 0.25) is 5.91 Å². The average molecular weight is 170 g/mol. The Morgan fingerprint density at radius 3 is 2.17 bits per heavy atom. The summed E-state index contributed by atoms with van der Waals surface area (Å²) in [6.45, 7) is 3.38. The highest BCUT2D eigenvalue weighted by Gasteiger charge is 1.87. The molecule has 0 atom stereocenters. The maximum Gasteiger partial charge on any atom is 0.218 e. The summed E-state index contributed by atoms with van der Waals surface area (Å²) in [5, 5.41) is 6.22. The standard InChI is InChI=1S/C4H9NO.C3H5N3/c1-4(6)5(2)3;1-3-4-2-5-6-3/h1-3H3;2H,1H3,(H,4,5,6). The van der Waals surface area contributed by atoms with Crippen LogP contribution < -0.4 is 0 Å². The van der Waals surface area contributed by atoms with Crippen molar-refractivity contribution in [3.63, 3.8) is 0 Å². The Hall–Kier alpha value is -1.39. The average Bonchev–Trinajstić information content (AvgIpc) is 2.40. The third-order valence-electron chi connectivity index (χ3n) is 1.17. The molecule has 0 aromatic carbocycles. The molecule has 0 saturated heterocycles. The molecular formula is C7H14N4O. The molecule has 0 aliphatic heterocycles. The highest BCUT2D eigenvalue weighted by atomic mass is 16.2.